The summed E-state index contributed by atoms with van der Waals surface area (Å²) in [5.41, 5.74) is 0.859. The van der Waals surface area contributed by atoms with Crippen molar-refractivity contribution in [1.82, 2.24) is 5.32 Å². The second kappa shape index (κ2) is 5.13. The lowest BCUT2D eigenvalue weighted by Gasteiger charge is -2.47. The number of rotatable bonds is 2. The van der Waals surface area contributed by atoms with Gasteiger partial charge in [0.25, 0.3) is 0 Å². The summed E-state index contributed by atoms with van der Waals surface area (Å²) in [5.74, 6) is 0. The normalized spacial score (nSPS) is 36.5. The van der Waals surface area contributed by atoms with Crippen LogP contribution in [0.3, 0.4) is 0 Å². The third-order valence-corrected chi connectivity index (χ3v) is 4.73. The monoisotopic (exact) mass is 253 g/mol. The lowest BCUT2D eigenvalue weighted by atomic mass is 9.63. The molecule has 2 heteroatoms. The van der Waals surface area contributed by atoms with Crippen molar-refractivity contribution in [3.05, 3.63) is 0 Å². The van der Waals surface area contributed by atoms with Crippen LogP contribution in [0.2, 0.25) is 0 Å². The second-order valence-electron chi connectivity index (χ2n) is 8.24. The van der Waals surface area contributed by atoms with Gasteiger partial charge in [-0.2, -0.15) is 0 Å². The predicted molar refractivity (Wildman–Crippen MR) is 76.6 cm³/mol. The molecule has 2 atom stereocenters. The van der Waals surface area contributed by atoms with Gasteiger partial charge in [-0.3, -0.25) is 0 Å². The Morgan fingerprint density at radius 1 is 0.944 bits per heavy atom. The topological polar surface area (TPSA) is 32.3 Å². The van der Waals surface area contributed by atoms with E-state index in [4.69, 9.17) is 0 Å². The predicted octanol–water partition coefficient (Wildman–Crippen LogP) is 3.48. The molecule has 0 aromatic carbocycles. The van der Waals surface area contributed by atoms with Crippen molar-refractivity contribution in [3.63, 3.8) is 0 Å². The van der Waals surface area contributed by atoms with Crippen LogP contribution in [0, 0.1) is 10.8 Å². The Balaban J connectivity index is 1.95. The Labute approximate surface area is 113 Å². The summed E-state index contributed by atoms with van der Waals surface area (Å²) in [6.07, 6.45) is 8.29. The van der Waals surface area contributed by atoms with Crippen LogP contribution >= 0.6 is 0 Å². The molecular weight excluding hydrogens is 222 g/mol. The largest absolute Gasteiger partial charge is 0.392 e. The first kappa shape index (κ1) is 14.3. The molecule has 0 spiro atoms. The van der Waals surface area contributed by atoms with Gasteiger partial charge in [0, 0.05) is 12.1 Å². The van der Waals surface area contributed by atoms with E-state index >= 15 is 0 Å². The summed E-state index contributed by atoms with van der Waals surface area (Å²) >= 11 is 0. The van der Waals surface area contributed by atoms with Crippen LogP contribution < -0.4 is 5.32 Å². The van der Waals surface area contributed by atoms with Crippen LogP contribution in [0.5, 0.6) is 0 Å². The fourth-order valence-corrected chi connectivity index (χ4v) is 4.57. The van der Waals surface area contributed by atoms with Crippen LogP contribution in [0.1, 0.15) is 72.6 Å². The Morgan fingerprint density at radius 3 is 2.06 bits per heavy atom. The minimum Gasteiger partial charge on any atom is -0.392 e. The highest BCUT2D eigenvalue weighted by atomic mass is 16.3. The SMILES string of the molecule is CC1(C)CC(N[C@H]2CCCC[C@@H]2O)CC(C)(C)C1. The van der Waals surface area contributed by atoms with Crippen molar-refractivity contribution in [2.24, 2.45) is 10.8 Å². The van der Waals surface area contributed by atoms with Crippen molar-refractivity contribution in [2.75, 3.05) is 0 Å². The molecule has 2 rings (SSSR count). The van der Waals surface area contributed by atoms with Crippen LogP contribution in [-0.2, 0) is 0 Å². The summed E-state index contributed by atoms with van der Waals surface area (Å²) in [7, 11) is 0. The van der Waals surface area contributed by atoms with Crippen LogP contribution in [0.25, 0.3) is 0 Å². The minimum atomic E-state index is -0.119. The summed E-state index contributed by atoms with van der Waals surface area (Å²) in [6.45, 7) is 9.56. The Morgan fingerprint density at radius 2 is 1.50 bits per heavy atom. The van der Waals surface area contributed by atoms with Crippen molar-refractivity contribution in [3.8, 4) is 0 Å². The van der Waals surface area contributed by atoms with Crippen LogP contribution in [0.15, 0.2) is 0 Å². The maximum absolute atomic E-state index is 10.1. The molecule has 0 aromatic rings. The van der Waals surface area contributed by atoms with E-state index in [1.807, 2.05) is 0 Å². The molecule has 18 heavy (non-hydrogen) atoms. The van der Waals surface area contributed by atoms with E-state index in [1.54, 1.807) is 0 Å². The lowest BCUT2D eigenvalue weighted by Crippen LogP contribution is -2.51. The molecule has 2 N–H and O–H groups in total. The maximum atomic E-state index is 10.1. The van der Waals surface area contributed by atoms with Crippen molar-refractivity contribution in [1.29, 1.82) is 0 Å². The zero-order valence-corrected chi connectivity index (χ0v) is 12.6. The fraction of sp³-hybridized carbons (Fsp3) is 1.00. The molecule has 2 aliphatic carbocycles. The average Bonchev–Trinajstić information content (AvgIpc) is 2.16. The molecule has 2 fully saturated rings. The highest BCUT2D eigenvalue weighted by molar-refractivity contribution is 4.94. The maximum Gasteiger partial charge on any atom is 0.0693 e. The average molecular weight is 253 g/mol. The zero-order valence-electron chi connectivity index (χ0n) is 12.6. The van der Waals surface area contributed by atoms with Gasteiger partial charge in [0.2, 0.25) is 0 Å². The smallest absolute Gasteiger partial charge is 0.0693 e. The highest BCUT2D eigenvalue weighted by Crippen LogP contribution is 2.45. The molecule has 0 heterocycles. The van der Waals surface area contributed by atoms with Gasteiger partial charge in [0.05, 0.1) is 6.10 Å². The van der Waals surface area contributed by atoms with Crippen molar-refractivity contribution in [2.45, 2.75) is 90.8 Å². The molecule has 0 saturated heterocycles. The van der Waals surface area contributed by atoms with Gasteiger partial charge in [0.15, 0.2) is 0 Å². The van der Waals surface area contributed by atoms with Gasteiger partial charge < -0.3 is 10.4 Å². The van der Waals surface area contributed by atoms with E-state index in [0.717, 1.165) is 12.8 Å². The summed E-state index contributed by atoms with van der Waals surface area (Å²) < 4.78 is 0. The van der Waals surface area contributed by atoms with Gasteiger partial charge in [-0.05, 0) is 42.9 Å². The molecule has 0 bridgehead atoms. The second-order valence-corrected chi connectivity index (χ2v) is 8.24. The molecule has 0 aromatic heterocycles. The number of aliphatic hydroxyl groups excluding tert-OH is 1. The van der Waals surface area contributed by atoms with Gasteiger partial charge in [-0.1, -0.05) is 40.5 Å². The van der Waals surface area contributed by atoms with Gasteiger partial charge in [0.1, 0.15) is 0 Å². The summed E-state index contributed by atoms with van der Waals surface area (Å²) in [4.78, 5) is 0. The van der Waals surface area contributed by atoms with Crippen molar-refractivity contribution >= 4 is 0 Å². The Hall–Kier alpha value is -0.0800. The summed E-state index contributed by atoms with van der Waals surface area (Å²) in [5, 5.41) is 13.9. The van der Waals surface area contributed by atoms with E-state index in [0.29, 0.717) is 22.9 Å². The van der Waals surface area contributed by atoms with Gasteiger partial charge in [-0.25, -0.2) is 0 Å². The molecule has 2 nitrogen and oxygen atoms in total. The number of hydrogen-bond donors (Lipinski definition) is 2. The first-order chi connectivity index (χ1) is 8.27. The molecule has 0 aliphatic heterocycles. The van der Waals surface area contributed by atoms with E-state index in [-0.39, 0.29) is 6.10 Å². The standard InChI is InChI=1S/C16H31NO/c1-15(2)9-12(10-16(3,4)11-15)17-13-7-5-6-8-14(13)18/h12-14,17-18H,5-11H2,1-4H3/t13-,14-/m0/s1. The van der Waals surface area contributed by atoms with Crippen LogP contribution in [-0.4, -0.2) is 23.3 Å². The lowest BCUT2D eigenvalue weighted by molar-refractivity contribution is 0.0453. The molecular formula is C16H31NO. The molecule has 0 unspecified atom stereocenters. The molecule has 106 valence electrons. The number of aliphatic hydroxyl groups is 1. The zero-order chi connectivity index (χ0) is 13.4. The Bertz CT molecular complexity index is 269. The van der Waals surface area contributed by atoms with Crippen LogP contribution in [0.4, 0.5) is 0 Å². The quantitative estimate of drug-likeness (QED) is 0.789. The summed E-state index contributed by atoms with van der Waals surface area (Å²) in [6, 6.07) is 0.926. The first-order valence-corrected chi connectivity index (χ1v) is 7.72. The van der Waals surface area contributed by atoms with Gasteiger partial charge >= 0.3 is 0 Å². The highest BCUT2D eigenvalue weighted by Gasteiger charge is 2.39. The van der Waals surface area contributed by atoms with E-state index in [1.165, 1.54) is 32.1 Å². The minimum absolute atomic E-state index is 0.119. The van der Waals surface area contributed by atoms with E-state index < -0.39 is 0 Å². The molecule has 0 radical (unpaired) electrons. The first-order valence-electron chi connectivity index (χ1n) is 7.72. The third kappa shape index (κ3) is 3.71. The van der Waals surface area contributed by atoms with Crippen molar-refractivity contribution < 1.29 is 5.11 Å². The van der Waals surface area contributed by atoms with E-state index in [9.17, 15) is 5.11 Å². The molecule has 2 aliphatic rings. The van der Waals surface area contributed by atoms with E-state index in [2.05, 4.69) is 33.0 Å². The third-order valence-electron chi connectivity index (χ3n) is 4.73. The Kier molecular flexibility index (Phi) is 4.08. The molecule has 0 amide bonds. The number of hydrogen-bond acceptors (Lipinski definition) is 2. The fourth-order valence-electron chi connectivity index (χ4n) is 4.57. The number of nitrogens with one attached hydrogen (secondary N) is 1. The molecule has 2 saturated carbocycles. The van der Waals surface area contributed by atoms with Gasteiger partial charge in [-0.15, -0.1) is 0 Å².